The molecule has 0 N–H and O–H groups in total. The molecule has 3 atom stereocenters. The van der Waals surface area contributed by atoms with Crippen LogP contribution < -0.4 is 9.64 Å². The molecular weight excluding hydrogens is 588 g/mol. The summed E-state index contributed by atoms with van der Waals surface area (Å²) in [7, 11) is 0. The van der Waals surface area contributed by atoms with Gasteiger partial charge in [-0.05, 0) is 62.0 Å². The first kappa shape index (κ1) is 29.7. The van der Waals surface area contributed by atoms with Crippen LogP contribution in [-0.2, 0) is 23.9 Å². The molecule has 8 nitrogen and oxygen atoms in total. The van der Waals surface area contributed by atoms with Crippen LogP contribution in [0.15, 0.2) is 36.8 Å². The van der Waals surface area contributed by atoms with Crippen molar-refractivity contribution in [3.8, 4) is 5.75 Å². The van der Waals surface area contributed by atoms with Crippen molar-refractivity contribution < 1.29 is 27.1 Å². The number of fused-ring (bicyclic) bond motifs is 1. The third-order valence-electron chi connectivity index (χ3n) is 9.04. The Kier molecular flexibility index (Phi) is 8.23. The van der Waals surface area contributed by atoms with Crippen LogP contribution in [0.25, 0.3) is 0 Å². The first-order chi connectivity index (χ1) is 20.6. The number of carbonyl (C=O) groups is 1. The van der Waals surface area contributed by atoms with Gasteiger partial charge in [0, 0.05) is 32.2 Å². The van der Waals surface area contributed by atoms with E-state index in [1.165, 1.54) is 23.5 Å². The number of amides is 1. The standard InChI is InChI=1S/C30H33ClF4N6O2/c1-18-28-36-17-26(30(33,34)35)41(28)10-9-40(18)27(42)13-21-2-3-23(14-25(21)32)43-11-6-20-12-24(20)19-4-7-39(8-5-19)29-37-15-22(31)16-38-29/h2-3,14-20,24H,4-13H2,1H3/t18?,20-,24?/m1/s1. The molecule has 1 saturated carbocycles. The Morgan fingerprint density at radius 1 is 1.07 bits per heavy atom. The molecule has 6 rings (SSSR count). The van der Waals surface area contributed by atoms with Gasteiger partial charge in [0.05, 0.1) is 42.7 Å². The van der Waals surface area contributed by atoms with Gasteiger partial charge in [0.15, 0.2) is 0 Å². The number of halogens is 5. The van der Waals surface area contributed by atoms with E-state index in [1.54, 1.807) is 25.4 Å². The number of hydrogen-bond acceptors (Lipinski definition) is 6. The summed E-state index contributed by atoms with van der Waals surface area (Å²) in [5.74, 6) is 2.38. The third-order valence-corrected chi connectivity index (χ3v) is 9.23. The number of hydrogen-bond donors (Lipinski definition) is 0. The average Bonchev–Trinajstić information content (AvgIpc) is 3.60. The number of aromatic nitrogens is 4. The molecule has 3 aliphatic rings. The molecule has 2 aliphatic heterocycles. The van der Waals surface area contributed by atoms with E-state index < -0.39 is 23.7 Å². The Balaban J connectivity index is 0.947. The molecular formula is C30H33ClF4N6O2. The molecule has 1 aliphatic carbocycles. The van der Waals surface area contributed by atoms with Crippen molar-refractivity contribution in [2.24, 2.45) is 17.8 Å². The van der Waals surface area contributed by atoms with Gasteiger partial charge in [0.2, 0.25) is 11.9 Å². The smallest absolute Gasteiger partial charge is 0.433 e. The topological polar surface area (TPSA) is 76.4 Å². The van der Waals surface area contributed by atoms with Gasteiger partial charge >= 0.3 is 6.18 Å². The Bertz CT molecular complexity index is 1460. The number of piperidine rings is 1. The van der Waals surface area contributed by atoms with E-state index in [1.807, 2.05) is 0 Å². The van der Waals surface area contributed by atoms with E-state index in [-0.39, 0.29) is 36.8 Å². The second kappa shape index (κ2) is 11.9. The van der Waals surface area contributed by atoms with Gasteiger partial charge in [-0.15, -0.1) is 0 Å². The third kappa shape index (κ3) is 6.44. The number of benzene rings is 1. The molecule has 0 bridgehead atoms. The maximum Gasteiger partial charge on any atom is 0.433 e. The number of alkyl halides is 3. The molecule has 0 radical (unpaired) electrons. The van der Waals surface area contributed by atoms with Crippen LogP contribution in [0.2, 0.25) is 5.02 Å². The van der Waals surface area contributed by atoms with Gasteiger partial charge in [-0.2, -0.15) is 13.2 Å². The Morgan fingerprint density at radius 3 is 2.51 bits per heavy atom. The van der Waals surface area contributed by atoms with Crippen LogP contribution in [0, 0.1) is 23.6 Å². The average molecular weight is 621 g/mol. The van der Waals surface area contributed by atoms with E-state index >= 15 is 0 Å². The van der Waals surface area contributed by atoms with Crippen LogP contribution in [0.3, 0.4) is 0 Å². The Labute approximate surface area is 252 Å². The Morgan fingerprint density at radius 2 is 1.81 bits per heavy atom. The lowest BCUT2D eigenvalue weighted by Gasteiger charge is -2.34. The summed E-state index contributed by atoms with van der Waals surface area (Å²) in [6.07, 6.45) is 3.64. The lowest BCUT2D eigenvalue weighted by Crippen LogP contribution is -2.42. The molecule has 0 spiro atoms. The summed E-state index contributed by atoms with van der Waals surface area (Å²) >= 11 is 5.89. The van der Waals surface area contributed by atoms with E-state index in [2.05, 4.69) is 19.9 Å². The number of ether oxygens (including phenoxy) is 1. The lowest BCUT2D eigenvalue weighted by atomic mass is 9.90. The van der Waals surface area contributed by atoms with E-state index in [9.17, 15) is 22.4 Å². The molecule has 4 heterocycles. The van der Waals surface area contributed by atoms with Crippen LogP contribution in [-0.4, -0.2) is 56.6 Å². The molecule has 2 fully saturated rings. The molecule has 3 aromatic rings. The fraction of sp³-hybridized carbons (Fsp3) is 0.533. The van der Waals surface area contributed by atoms with Gasteiger partial charge in [0.1, 0.15) is 23.1 Å². The fourth-order valence-electron chi connectivity index (χ4n) is 6.60. The summed E-state index contributed by atoms with van der Waals surface area (Å²) in [6, 6.07) is 3.84. The highest BCUT2D eigenvalue weighted by molar-refractivity contribution is 6.30. The van der Waals surface area contributed by atoms with Crippen molar-refractivity contribution in [1.82, 2.24) is 24.4 Å². The van der Waals surface area contributed by atoms with Gasteiger partial charge in [-0.1, -0.05) is 17.7 Å². The minimum Gasteiger partial charge on any atom is -0.493 e. The highest BCUT2D eigenvalue weighted by atomic mass is 35.5. The van der Waals surface area contributed by atoms with Crippen molar-refractivity contribution >= 4 is 23.5 Å². The zero-order valence-corrected chi connectivity index (χ0v) is 24.5. The van der Waals surface area contributed by atoms with E-state index in [4.69, 9.17) is 16.3 Å². The Hall–Kier alpha value is -3.41. The highest BCUT2D eigenvalue weighted by Crippen LogP contribution is 2.50. The van der Waals surface area contributed by atoms with Gasteiger partial charge < -0.3 is 19.1 Å². The predicted octanol–water partition coefficient (Wildman–Crippen LogP) is 5.95. The highest BCUT2D eigenvalue weighted by Gasteiger charge is 2.43. The molecule has 43 heavy (non-hydrogen) atoms. The monoisotopic (exact) mass is 620 g/mol. The van der Waals surface area contributed by atoms with Crippen LogP contribution in [0.1, 0.15) is 55.7 Å². The molecule has 1 aromatic carbocycles. The molecule has 2 aromatic heterocycles. The quantitative estimate of drug-likeness (QED) is 0.290. The molecule has 1 amide bonds. The predicted molar refractivity (Wildman–Crippen MR) is 151 cm³/mol. The number of nitrogens with zero attached hydrogens (tertiary/aromatic N) is 6. The summed E-state index contributed by atoms with van der Waals surface area (Å²) in [5, 5.41) is 0.531. The second-order valence-electron chi connectivity index (χ2n) is 11.7. The number of carbonyl (C=O) groups excluding carboxylic acids is 1. The SMILES string of the molecule is CC1c2ncc(C(F)(F)F)n2CCN1C(=O)Cc1ccc(OCC[C@@H]2CC2C2CCN(c3ncc(Cl)cn3)CC2)cc1F. The van der Waals surface area contributed by atoms with E-state index in [0.29, 0.717) is 35.1 Å². The number of anilines is 1. The number of rotatable bonds is 8. The minimum absolute atomic E-state index is 0.0189. The summed E-state index contributed by atoms with van der Waals surface area (Å²) in [6.45, 7) is 4.06. The molecule has 1 saturated heterocycles. The van der Waals surface area contributed by atoms with Crippen molar-refractivity contribution in [3.63, 3.8) is 0 Å². The summed E-state index contributed by atoms with van der Waals surface area (Å²) in [5.41, 5.74) is -0.613. The van der Waals surface area contributed by atoms with Crippen molar-refractivity contribution in [2.45, 2.75) is 57.8 Å². The van der Waals surface area contributed by atoms with Crippen LogP contribution in [0.4, 0.5) is 23.5 Å². The van der Waals surface area contributed by atoms with Gasteiger partial charge in [0.25, 0.3) is 0 Å². The zero-order chi connectivity index (χ0) is 30.3. The van der Waals surface area contributed by atoms with Crippen molar-refractivity contribution in [1.29, 1.82) is 0 Å². The van der Waals surface area contributed by atoms with Crippen molar-refractivity contribution in [2.75, 3.05) is 31.1 Å². The summed E-state index contributed by atoms with van der Waals surface area (Å²) < 4.78 is 61.6. The maximum absolute atomic E-state index is 14.9. The molecule has 13 heteroatoms. The fourth-order valence-corrected chi connectivity index (χ4v) is 6.69. The number of imidazole rings is 1. The zero-order valence-electron chi connectivity index (χ0n) is 23.7. The minimum atomic E-state index is -4.52. The first-order valence-corrected chi connectivity index (χ1v) is 15.0. The molecule has 230 valence electrons. The van der Waals surface area contributed by atoms with E-state index in [0.717, 1.165) is 49.1 Å². The maximum atomic E-state index is 14.9. The normalized spacial score (nSPS) is 22.4. The lowest BCUT2D eigenvalue weighted by molar-refractivity contribution is -0.144. The summed E-state index contributed by atoms with van der Waals surface area (Å²) in [4.78, 5) is 29.2. The largest absolute Gasteiger partial charge is 0.493 e. The van der Waals surface area contributed by atoms with Gasteiger partial charge in [-0.3, -0.25) is 4.79 Å². The van der Waals surface area contributed by atoms with Crippen LogP contribution in [0.5, 0.6) is 5.75 Å². The van der Waals surface area contributed by atoms with Crippen LogP contribution >= 0.6 is 11.6 Å². The van der Waals surface area contributed by atoms with Gasteiger partial charge in [-0.25, -0.2) is 19.3 Å². The second-order valence-corrected chi connectivity index (χ2v) is 12.1. The first-order valence-electron chi connectivity index (χ1n) is 14.6. The van der Waals surface area contributed by atoms with Crippen molar-refractivity contribution in [3.05, 3.63) is 64.7 Å². The molecule has 2 unspecified atom stereocenters.